The van der Waals surface area contributed by atoms with Crippen LogP contribution in [0.3, 0.4) is 0 Å². The minimum Gasteiger partial charge on any atom is -0.465 e. The molecule has 0 spiro atoms. The molecule has 2 aromatic carbocycles. The first-order valence-corrected chi connectivity index (χ1v) is 16.8. The highest BCUT2D eigenvalue weighted by Crippen LogP contribution is 2.43. The van der Waals surface area contributed by atoms with Gasteiger partial charge in [0.15, 0.2) is 0 Å². The van der Waals surface area contributed by atoms with Gasteiger partial charge in [-0.1, -0.05) is 42.8 Å². The Balaban J connectivity index is 1.19. The number of amides is 1. The molecule has 1 unspecified atom stereocenters. The van der Waals surface area contributed by atoms with Crippen molar-refractivity contribution in [3.8, 4) is 12.1 Å². The van der Waals surface area contributed by atoms with Crippen molar-refractivity contribution in [3.63, 3.8) is 0 Å². The zero-order chi connectivity index (χ0) is 31.8. The molecule has 4 aliphatic rings. The second-order valence-corrected chi connectivity index (χ2v) is 13.3. The van der Waals surface area contributed by atoms with Gasteiger partial charge in [0.1, 0.15) is 12.4 Å². The lowest BCUT2D eigenvalue weighted by Gasteiger charge is -2.41. The molecule has 0 bridgehead atoms. The molecule has 242 valence electrons. The Hall–Kier alpha value is -3.85. The van der Waals surface area contributed by atoms with Gasteiger partial charge in [0.05, 0.1) is 41.3 Å². The maximum Gasteiger partial charge on any atom is 0.407 e. The number of anilines is 2. The predicted octanol–water partition coefficient (Wildman–Crippen LogP) is 4.48. The number of carbonyl (C=O) groups is 1. The molecule has 2 saturated heterocycles. The van der Waals surface area contributed by atoms with Crippen molar-refractivity contribution in [2.75, 3.05) is 75.3 Å². The largest absolute Gasteiger partial charge is 0.465 e. The molecule has 3 aromatic rings. The summed E-state index contributed by atoms with van der Waals surface area (Å²) in [5.41, 5.74) is 3.08. The van der Waals surface area contributed by atoms with Crippen molar-refractivity contribution >= 4 is 40.0 Å². The van der Waals surface area contributed by atoms with E-state index in [1.165, 1.54) is 4.90 Å². The summed E-state index contributed by atoms with van der Waals surface area (Å²) in [7, 11) is 0. The highest BCUT2D eigenvalue weighted by molar-refractivity contribution is 6.36. The molecule has 11 nitrogen and oxygen atoms in total. The van der Waals surface area contributed by atoms with E-state index in [9.17, 15) is 15.2 Å². The van der Waals surface area contributed by atoms with E-state index in [0.29, 0.717) is 38.8 Å². The van der Waals surface area contributed by atoms with Gasteiger partial charge in [0.2, 0.25) is 0 Å². The Labute approximate surface area is 274 Å². The van der Waals surface area contributed by atoms with Gasteiger partial charge in [0, 0.05) is 69.0 Å². The summed E-state index contributed by atoms with van der Waals surface area (Å²) in [4.78, 5) is 32.9. The van der Waals surface area contributed by atoms with Crippen LogP contribution in [0.2, 0.25) is 5.02 Å². The summed E-state index contributed by atoms with van der Waals surface area (Å²) < 4.78 is 6.50. The number of fused-ring (bicyclic) bond motifs is 2. The molecule has 46 heavy (non-hydrogen) atoms. The van der Waals surface area contributed by atoms with Crippen LogP contribution in [0, 0.1) is 11.3 Å². The van der Waals surface area contributed by atoms with E-state index in [4.69, 9.17) is 26.3 Å². The molecule has 1 saturated carbocycles. The van der Waals surface area contributed by atoms with E-state index in [2.05, 4.69) is 56.9 Å². The zero-order valence-corrected chi connectivity index (χ0v) is 27.1. The third kappa shape index (κ3) is 5.90. The van der Waals surface area contributed by atoms with Gasteiger partial charge in [-0.2, -0.15) is 15.2 Å². The molecule has 1 aromatic heterocycles. The van der Waals surface area contributed by atoms with Crippen LogP contribution in [0.4, 0.5) is 16.3 Å². The van der Waals surface area contributed by atoms with Gasteiger partial charge in [0.25, 0.3) is 0 Å². The first-order valence-electron chi connectivity index (χ1n) is 16.4. The lowest BCUT2D eigenvalue weighted by molar-refractivity contribution is 0.0580. The molecule has 1 aliphatic carbocycles. The minimum absolute atomic E-state index is 0.0377. The monoisotopic (exact) mass is 644 g/mol. The molecule has 3 fully saturated rings. The standard InChI is InChI=1S/C34H41ClN8O3/c1-2-39-15-18-42(19-16-39)34(11-12-34)23-46-32-37-28-22-40(29-8-4-6-24-5-3-7-27(35)30(24)29)14-10-26(28)31(38-32)41-17-20-43(33(44)45)25(21-41)9-13-36/h3-8,25H,2,9-12,14-23H2,1H3,(H,44,45). The van der Waals surface area contributed by atoms with Crippen LogP contribution in [0.25, 0.3) is 10.8 Å². The van der Waals surface area contributed by atoms with E-state index in [-0.39, 0.29) is 12.0 Å². The van der Waals surface area contributed by atoms with Crippen LogP contribution in [-0.4, -0.2) is 113 Å². The number of piperazine rings is 2. The first-order chi connectivity index (χ1) is 22.4. The maximum atomic E-state index is 11.9. The van der Waals surface area contributed by atoms with Gasteiger partial charge in [-0.25, -0.2) is 4.79 Å². The van der Waals surface area contributed by atoms with E-state index in [1.54, 1.807) is 0 Å². The van der Waals surface area contributed by atoms with Gasteiger partial charge in [-0.15, -0.1) is 0 Å². The average molecular weight is 645 g/mol. The first kappa shape index (κ1) is 30.8. The summed E-state index contributed by atoms with van der Waals surface area (Å²) >= 11 is 6.72. The lowest BCUT2D eigenvalue weighted by atomic mass is 10.0. The highest BCUT2D eigenvalue weighted by atomic mass is 35.5. The second kappa shape index (κ2) is 12.7. The van der Waals surface area contributed by atoms with Crippen LogP contribution in [0.1, 0.15) is 37.4 Å². The van der Waals surface area contributed by atoms with Crippen molar-refractivity contribution in [1.82, 2.24) is 24.7 Å². The Morgan fingerprint density at radius 1 is 1.07 bits per heavy atom. The molecule has 4 heterocycles. The number of benzene rings is 2. The van der Waals surface area contributed by atoms with Crippen LogP contribution in [0.5, 0.6) is 6.01 Å². The summed E-state index contributed by atoms with van der Waals surface area (Å²) in [6, 6.07) is 14.4. The van der Waals surface area contributed by atoms with Crippen LogP contribution in [0.15, 0.2) is 36.4 Å². The van der Waals surface area contributed by atoms with Gasteiger partial charge in [-0.05, 0) is 43.3 Å². The van der Waals surface area contributed by atoms with Crippen LogP contribution >= 0.6 is 11.6 Å². The second-order valence-electron chi connectivity index (χ2n) is 12.9. The van der Waals surface area contributed by atoms with E-state index >= 15 is 0 Å². The molecule has 1 atom stereocenters. The Bertz CT molecular complexity index is 1650. The number of halogens is 1. The maximum absolute atomic E-state index is 11.9. The molecule has 7 rings (SSSR count). The number of nitriles is 1. The smallest absolute Gasteiger partial charge is 0.407 e. The number of aromatic nitrogens is 2. The van der Waals surface area contributed by atoms with Crippen molar-refractivity contribution in [1.29, 1.82) is 5.26 Å². The average Bonchev–Trinajstić information content (AvgIpc) is 3.88. The molecule has 12 heteroatoms. The van der Waals surface area contributed by atoms with Gasteiger partial charge < -0.3 is 29.4 Å². The predicted molar refractivity (Wildman–Crippen MR) is 178 cm³/mol. The highest BCUT2D eigenvalue weighted by Gasteiger charge is 2.49. The van der Waals surface area contributed by atoms with Gasteiger partial charge in [-0.3, -0.25) is 4.90 Å². The molecule has 0 radical (unpaired) electrons. The summed E-state index contributed by atoms with van der Waals surface area (Å²) in [6.45, 7) is 10.6. The number of ether oxygens (including phenoxy) is 1. The third-order valence-corrected chi connectivity index (χ3v) is 10.7. The van der Waals surface area contributed by atoms with E-state index < -0.39 is 12.1 Å². The fourth-order valence-electron chi connectivity index (χ4n) is 7.47. The van der Waals surface area contributed by atoms with Crippen LogP contribution in [-0.2, 0) is 13.0 Å². The number of likely N-dealkylation sites (N-methyl/N-ethyl adjacent to an activating group) is 1. The Morgan fingerprint density at radius 2 is 1.85 bits per heavy atom. The quantitative estimate of drug-likeness (QED) is 0.377. The third-order valence-electron chi connectivity index (χ3n) is 10.3. The summed E-state index contributed by atoms with van der Waals surface area (Å²) in [5.74, 6) is 0.796. The topological polar surface area (TPSA) is 112 Å². The minimum atomic E-state index is -0.993. The number of carboxylic acid groups (broad SMARTS) is 1. The lowest BCUT2D eigenvalue weighted by Crippen LogP contribution is -2.55. The molecule has 1 N–H and O–H groups in total. The van der Waals surface area contributed by atoms with E-state index in [0.717, 1.165) is 97.1 Å². The molecular formula is C34H41ClN8O3. The Kier molecular flexibility index (Phi) is 8.53. The molecular weight excluding hydrogens is 604 g/mol. The zero-order valence-electron chi connectivity index (χ0n) is 26.4. The fraction of sp³-hybridized carbons (Fsp3) is 0.529. The number of hydrogen-bond donors (Lipinski definition) is 1. The van der Waals surface area contributed by atoms with E-state index in [1.807, 2.05) is 12.1 Å². The van der Waals surface area contributed by atoms with Gasteiger partial charge >= 0.3 is 12.1 Å². The number of nitrogens with zero attached hydrogens (tertiary/aromatic N) is 8. The molecule has 3 aliphatic heterocycles. The number of rotatable bonds is 8. The number of hydrogen-bond acceptors (Lipinski definition) is 9. The fourth-order valence-corrected chi connectivity index (χ4v) is 7.75. The summed E-state index contributed by atoms with van der Waals surface area (Å²) in [6.07, 6.45) is 2.08. The SMILES string of the molecule is CCN1CCN(C2(COc3nc4c(c(N5CCN(C(=O)O)C(CC#N)C5)n3)CCN(c3cccc5cccc(Cl)c35)C4)CC2)CC1. The van der Waals surface area contributed by atoms with Crippen molar-refractivity contribution in [3.05, 3.63) is 52.7 Å². The van der Waals surface area contributed by atoms with Crippen molar-refractivity contribution in [2.45, 2.75) is 50.7 Å². The Morgan fingerprint density at radius 3 is 2.57 bits per heavy atom. The van der Waals surface area contributed by atoms with Crippen LogP contribution < -0.4 is 14.5 Å². The van der Waals surface area contributed by atoms with Crippen molar-refractivity contribution in [2.24, 2.45) is 0 Å². The van der Waals surface area contributed by atoms with Crippen molar-refractivity contribution < 1.29 is 14.6 Å². The molecule has 1 amide bonds. The summed E-state index contributed by atoms with van der Waals surface area (Å²) in [5, 5.41) is 22.1. The normalized spacial score (nSPS) is 21.6.